The molecule has 1 unspecified atom stereocenters. The zero-order valence-electron chi connectivity index (χ0n) is 9.50. The molecule has 0 aromatic carbocycles. The predicted molar refractivity (Wildman–Crippen MR) is 66.5 cm³/mol. The van der Waals surface area contributed by atoms with Crippen LogP contribution in [0.2, 0.25) is 0 Å². The van der Waals surface area contributed by atoms with Gasteiger partial charge in [0, 0.05) is 18.0 Å². The first kappa shape index (κ1) is 12.3. The van der Waals surface area contributed by atoms with Gasteiger partial charge in [0.1, 0.15) is 6.33 Å². The molecule has 1 aliphatic rings. The van der Waals surface area contributed by atoms with Crippen LogP contribution in [0.3, 0.4) is 0 Å². The van der Waals surface area contributed by atoms with E-state index in [-0.39, 0.29) is 11.9 Å². The molecule has 92 valence electrons. The Hall–Kier alpha value is -1.14. The van der Waals surface area contributed by atoms with Crippen molar-refractivity contribution in [1.29, 1.82) is 0 Å². The van der Waals surface area contributed by atoms with Gasteiger partial charge in [-0.1, -0.05) is 0 Å². The van der Waals surface area contributed by atoms with Crippen LogP contribution in [-0.4, -0.2) is 33.7 Å². The maximum atomic E-state index is 11.2. The molecule has 6 heteroatoms. The standard InChI is InChI=1S/C11H16N4OS/c12-11(16)9(15-8-1-2-8)4-6-17-10-3-5-13-7-14-10/h3,5,7-9,15H,1-2,4,6H2,(H2,12,16). The summed E-state index contributed by atoms with van der Waals surface area (Å²) in [5, 5.41) is 4.18. The van der Waals surface area contributed by atoms with Gasteiger partial charge in [-0.2, -0.15) is 0 Å². The van der Waals surface area contributed by atoms with Gasteiger partial charge in [0.15, 0.2) is 0 Å². The first-order valence-corrected chi connectivity index (χ1v) is 6.68. The fourth-order valence-electron chi connectivity index (χ4n) is 1.49. The first-order valence-electron chi connectivity index (χ1n) is 5.70. The molecule has 1 aromatic rings. The number of hydrogen-bond acceptors (Lipinski definition) is 5. The van der Waals surface area contributed by atoms with Crippen LogP contribution in [-0.2, 0) is 4.79 Å². The number of amides is 1. The lowest BCUT2D eigenvalue weighted by Gasteiger charge is -2.14. The predicted octanol–water partition coefficient (Wildman–Crippen LogP) is 0.565. The quantitative estimate of drug-likeness (QED) is 0.547. The molecule has 0 bridgehead atoms. The lowest BCUT2D eigenvalue weighted by atomic mass is 10.2. The molecule has 1 atom stereocenters. The summed E-state index contributed by atoms with van der Waals surface area (Å²) >= 11 is 1.61. The molecular formula is C11H16N4OS. The number of primary amides is 1. The number of carbonyl (C=O) groups is 1. The summed E-state index contributed by atoms with van der Waals surface area (Å²) in [5.41, 5.74) is 5.36. The van der Waals surface area contributed by atoms with Crippen molar-refractivity contribution in [3.05, 3.63) is 18.6 Å². The highest BCUT2D eigenvalue weighted by Gasteiger charge is 2.26. The molecule has 0 radical (unpaired) electrons. The van der Waals surface area contributed by atoms with E-state index in [1.807, 2.05) is 6.07 Å². The lowest BCUT2D eigenvalue weighted by Crippen LogP contribution is -2.42. The second-order valence-electron chi connectivity index (χ2n) is 4.08. The van der Waals surface area contributed by atoms with Gasteiger partial charge in [0.25, 0.3) is 0 Å². The summed E-state index contributed by atoms with van der Waals surface area (Å²) in [6.07, 6.45) is 6.28. The van der Waals surface area contributed by atoms with E-state index in [1.54, 1.807) is 18.0 Å². The van der Waals surface area contributed by atoms with Crippen molar-refractivity contribution in [2.24, 2.45) is 5.73 Å². The number of nitrogens with two attached hydrogens (primary N) is 1. The third kappa shape index (κ3) is 4.32. The summed E-state index contributed by atoms with van der Waals surface area (Å²) in [6.45, 7) is 0. The number of rotatable bonds is 7. The Morgan fingerprint density at radius 1 is 1.65 bits per heavy atom. The van der Waals surface area contributed by atoms with Gasteiger partial charge in [0.05, 0.1) is 11.1 Å². The van der Waals surface area contributed by atoms with Gasteiger partial charge in [-0.25, -0.2) is 9.97 Å². The van der Waals surface area contributed by atoms with Gasteiger partial charge in [-0.15, -0.1) is 11.8 Å². The molecule has 0 saturated heterocycles. The average molecular weight is 252 g/mol. The molecule has 3 N–H and O–H groups in total. The maximum Gasteiger partial charge on any atom is 0.234 e. The lowest BCUT2D eigenvalue weighted by molar-refractivity contribution is -0.120. The second kappa shape index (κ2) is 5.97. The van der Waals surface area contributed by atoms with E-state index in [1.165, 1.54) is 6.33 Å². The Labute approximate surface area is 105 Å². The van der Waals surface area contributed by atoms with Crippen molar-refractivity contribution in [2.75, 3.05) is 5.75 Å². The van der Waals surface area contributed by atoms with Crippen molar-refractivity contribution in [3.63, 3.8) is 0 Å². The Bertz CT molecular complexity index is 369. The third-order valence-electron chi connectivity index (χ3n) is 2.57. The van der Waals surface area contributed by atoms with Gasteiger partial charge in [-0.3, -0.25) is 4.79 Å². The molecule has 5 nitrogen and oxygen atoms in total. The van der Waals surface area contributed by atoms with Crippen LogP contribution in [0.1, 0.15) is 19.3 Å². The smallest absolute Gasteiger partial charge is 0.234 e. The third-order valence-corrected chi connectivity index (χ3v) is 3.55. The minimum absolute atomic E-state index is 0.211. The van der Waals surface area contributed by atoms with Crippen molar-refractivity contribution >= 4 is 17.7 Å². The molecule has 17 heavy (non-hydrogen) atoms. The zero-order chi connectivity index (χ0) is 12.1. The van der Waals surface area contributed by atoms with E-state index in [0.717, 1.165) is 30.0 Å². The van der Waals surface area contributed by atoms with Crippen LogP contribution in [0.5, 0.6) is 0 Å². The summed E-state index contributed by atoms with van der Waals surface area (Å²) in [5.74, 6) is 0.560. The SMILES string of the molecule is NC(=O)C(CCSc1ccncn1)NC1CC1. The van der Waals surface area contributed by atoms with Crippen molar-refractivity contribution in [1.82, 2.24) is 15.3 Å². The average Bonchev–Trinajstić information content (AvgIpc) is 3.13. The molecule has 0 aliphatic heterocycles. The first-order chi connectivity index (χ1) is 8.25. The molecule has 2 rings (SSSR count). The molecular weight excluding hydrogens is 236 g/mol. The zero-order valence-corrected chi connectivity index (χ0v) is 10.3. The molecule has 0 spiro atoms. The number of thioether (sulfide) groups is 1. The van der Waals surface area contributed by atoms with Crippen LogP contribution >= 0.6 is 11.8 Å². The van der Waals surface area contributed by atoms with Crippen molar-refractivity contribution < 1.29 is 4.79 Å². The molecule has 1 fully saturated rings. The highest BCUT2D eigenvalue weighted by atomic mass is 32.2. The molecule has 1 saturated carbocycles. The van der Waals surface area contributed by atoms with Crippen LogP contribution in [0.4, 0.5) is 0 Å². The number of nitrogens with one attached hydrogen (secondary N) is 1. The van der Waals surface area contributed by atoms with Crippen molar-refractivity contribution in [2.45, 2.75) is 36.4 Å². The Morgan fingerprint density at radius 2 is 2.47 bits per heavy atom. The van der Waals surface area contributed by atoms with Crippen LogP contribution < -0.4 is 11.1 Å². The summed E-state index contributed by atoms with van der Waals surface area (Å²) in [6, 6.07) is 2.14. The van der Waals surface area contributed by atoms with Crippen molar-refractivity contribution in [3.8, 4) is 0 Å². The highest BCUT2D eigenvalue weighted by molar-refractivity contribution is 7.99. The molecule has 1 heterocycles. The Balaban J connectivity index is 1.73. The van der Waals surface area contributed by atoms with E-state index in [4.69, 9.17) is 5.73 Å². The molecule has 1 aliphatic carbocycles. The Morgan fingerprint density at radius 3 is 3.06 bits per heavy atom. The monoisotopic (exact) mass is 252 g/mol. The number of nitrogens with zero attached hydrogens (tertiary/aromatic N) is 2. The largest absolute Gasteiger partial charge is 0.368 e. The highest BCUT2D eigenvalue weighted by Crippen LogP contribution is 2.21. The Kier molecular flexibility index (Phi) is 4.33. The number of aromatic nitrogens is 2. The van der Waals surface area contributed by atoms with E-state index in [2.05, 4.69) is 15.3 Å². The van der Waals surface area contributed by atoms with Crippen LogP contribution in [0.25, 0.3) is 0 Å². The topological polar surface area (TPSA) is 80.9 Å². The van der Waals surface area contributed by atoms with Gasteiger partial charge in [-0.05, 0) is 25.3 Å². The summed E-state index contributed by atoms with van der Waals surface area (Å²) < 4.78 is 0. The minimum atomic E-state index is -0.264. The van der Waals surface area contributed by atoms with E-state index >= 15 is 0 Å². The molecule has 1 amide bonds. The normalized spacial score (nSPS) is 16.7. The fraction of sp³-hybridized carbons (Fsp3) is 0.545. The van der Waals surface area contributed by atoms with E-state index < -0.39 is 0 Å². The van der Waals surface area contributed by atoms with Gasteiger partial charge in [0.2, 0.25) is 5.91 Å². The minimum Gasteiger partial charge on any atom is -0.368 e. The van der Waals surface area contributed by atoms with Gasteiger partial charge >= 0.3 is 0 Å². The number of hydrogen-bond donors (Lipinski definition) is 2. The fourth-order valence-corrected chi connectivity index (χ4v) is 2.33. The summed E-state index contributed by atoms with van der Waals surface area (Å²) in [4.78, 5) is 19.2. The van der Waals surface area contributed by atoms with Gasteiger partial charge < -0.3 is 11.1 Å². The maximum absolute atomic E-state index is 11.2. The van der Waals surface area contributed by atoms with Crippen LogP contribution in [0, 0.1) is 0 Å². The molecule has 1 aromatic heterocycles. The van der Waals surface area contributed by atoms with E-state index in [0.29, 0.717) is 6.04 Å². The summed E-state index contributed by atoms with van der Waals surface area (Å²) in [7, 11) is 0. The second-order valence-corrected chi connectivity index (χ2v) is 5.20. The van der Waals surface area contributed by atoms with Crippen LogP contribution in [0.15, 0.2) is 23.6 Å². The van der Waals surface area contributed by atoms with E-state index in [9.17, 15) is 4.79 Å². The number of carbonyl (C=O) groups excluding carboxylic acids is 1.